The van der Waals surface area contributed by atoms with Crippen molar-refractivity contribution in [3.05, 3.63) is 34.3 Å². The van der Waals surface area contributed by atoms with Crippen molar-refractivity contribution < 1.29 is 5.11 Å². The molecule has 1 atom stereocenters. The molecule has 1 aliphatic heterocycles. The van der Waals surface area contributed by atoms with Crippen LogP contribution in [0.3, 0.4) is 0 Å². The zero-order chi connectivity index (χ0) is 10.2. The molecule has 1 aliphatic rings. The summed E-state index contributed by atoms with van der Waals surface area (Å²) in [6.07, 6.45) is 0.819. The van der Waals surface area contributed by atoms with Gasteiger partial charge in [-0.25, -0.2) is 0 Å². The Morgan fingerprint density at radius 3 is 2.86 bits per heavy atom. The van der Waals surface area contributed by atoms with Crippen LogP contribution in [0.4, 0.5) is 0 Å². The van der Waals surface area contributed by atoms with E-state index in [0.717, 1.165) is 29.5 Å². The first-order valence-electron chi connectivity index (χ1n) is 4.77. The third kappa shape index (κ3) is 1.85. The summed E-state index contributed by atoms with van der Waals surface area (Å²) >= 11 is 3.42. The minimum atomic E-state index is -0.654. The van der Waals surface area contributed by atoms with Crippen molar-refractivity contribution in [2.24, 2.45) is 0 Å². The molecule has 1 aromatic rings. The van der Waals surface area contributed by atoms with E-state index in [1.807, 2.05) is 31.3 Å². The Labute approximate surface area is 92.7 Å². The molecular weight excluding hydrogens is 242 g/mol. The lowest BCUT2D eigenvalue weighted by Gasteiger charge is -2.23. The summed E-state index contributed by atoms with van der Waals surface area (Å²) in [7, 11) is 2.04. The van der Waals surface area contributed by atoms with Crippen LogP contribution in [0, 0.1) is 0 Å². The lowest BCUT2D eigenvalue weighted by Crippen LogP contribution is -2.29. The van der Waals surface area contributed by atoms with Crippen LogP contribution in [0.2, 0.25) is 0 Å². The van der Waals surface area contributed by atoms with E-state index in [-0.39, 0.29) is 0 Å². The molecule has 0 aromatic heterocycles. The highest BCUT2D eigenvalue weighted by atomic mass is 79.9. The number of aliphatic hydroxyl groups is 1. The van der Waals surface area contributed by atoms with E-state index >= 15 is 0 Å². The first-order chi connectivity index (χ1) is 6.60. The van der Waals surface area contributed by atoms with Gasteiger partial charge >= 0.3 is 0 Å². The fourth-order valence-electron chi connectivity index (χ4n) is 1.99. The van der Waals surface area contributed by atoms with Crippen molar-refractivity contribution in [1.82, 2.24) is 4.90 Å². The normalized spacial score (nSPS) is 28.2. The van der Waals surface area contributed by atoms with Gasteiger partial charge in [0.1, 0.15) is 5.60 Å². The van der Waals surface area contributed by atoms with Crippen LogP contribution in [-0.4, -0.2) is 30.1 Å². The van der Waals surface area contributed by atoms with Gasteiger partial charge in [0.2, 0.25) is 0 Å². The Bertz CT molecular complexity index is 342. The number of hydrogen-bond donors (Lipinski definition) is 1. The van der Waals surface area contributed by atoms with E-state index in [9.17, 15) is 5.11 Å². The Balaban J connectivity index is 2.30. The molecule has 1 fully saturated rings. The molecule has 1 heterocycles. The van der Waals surface area contributed by atoms with Crippen molar-refractivity contribution >= 4 is 15.9 Å². The van der Waals surface area contributed by atoms with Crippen LogP contribution in [0.25, 0.3) is 0 Å². The average molecular weight is 256 g/mol. The molecule has 2 nitrogen and oxygen atoms in total. The van der Waals surface area contributed by atoms with Gasteiger partial charge in [-0.15, -0.1) is 0 Å². The van der Waals surface area contributed by atoms with Crippen LogP contribution in [0.15, 0.2) is 28.7 Å². The molecule has 0 saturated carbocycles. The average Bonchev–Trinajstić information content (AvgIpc) is 2.48. The van der Waals surface area contributed by atoms with Crippen LogP contribution < -0.4 is 0 Å². The highest BCUT2D eigenvalue weighted by molar-refractivity contribution is 9.10. The third-order valence-electron chi connectivity index (χ3n) is 2.80. The maximum absolute atomic E-state index is 10.4. The summed E-state index contributed by atoms with van der Waals surface area (Å²) in [6, 6.07) is 7.93. The fraction of sp³-hybridized carbons (Fsp3) is 0.455. The molecule has 0 amide bonds. The van der Waals surface area contributed by atoms with E-state index in [2.05, 4.69) is 20.8 Å². The number of β-amino-alcohol motifs (C(OH)–C–C–N with tert-alkyl or cyclic N) is 1. The van der Waals surface area contributed by atoms with Crippen molar-refractivity contribution in [2.75, 3.05) is 20.1 Å². The molecule has 0 spiro atoms. The van der Waals surface area contributed by atoms with Gasteiger partial charge in [-0.05, 0) is 31.2 Å². The Morgan fingerprint density at radius 2 is 2.29 bits per heavy atom. The standard InChI is InChI=1S/C11H14BrNO/c1-13-6-5-11(14,8-13)9-3-2-4-10(12)7-9/h2-4,7,14H,5-6,8H2,1H3. The Hall–Kier alpha value is -0.380. The third-order valence-corrected chi connectivity index (χ3v) is 3.29. The summed E-state index contributed by atoms with van der Waals surface area (Å²) in [5.74, 6) is 0. The van der Waals surface area contributed by atoms with Crippen molar-refractivity contribution in [1.29, 1.82) is 0 Å². The first-order valence-corrected chi connectivity index (χ1v) is 5.56. The van der Waals surface area contributed by atoms with E-state index in [0.29, 0.717) is 0 Å². The van der Waals surface area contributed by atoms with Gasteiger partial charge < -0.3 is 10.0 Å². The summed E-state index contributed by atoms with van der Waals surface area (Å²) < 4.78 is 1.03. The maximum atomic E-state index is 10.4. The molecule has 2 rings (SSSR count). The van der Waals surface area contributed by atoms with Crippen LogP contribution in [0.1, 0.15) is 12.0 Å². The van der Waals surface area contributed by atoms with Crippen molar-refractivity contribution in [2.45, 2.75) is 12.0 Å². The number of nitrogens with zero attached hydrogens (tertiary/aromatic N) is 1. The lowest BCUT2D eigenvalue weighted by atomic mass is 9.93. The van der Waals surface area contributed by atoms with E-state index < -0.39 is 5.60 Å². The molecule has 1 unspecified atom stereocenters. The monoisotopic (exact) mass is 255 g/mol. The minimum absolute atomic E-state index is 0.654. The molecule has 3 heteroatoms. The minimum Gasteiger partial charge on any atom is -0.384 e. The van der Waals surface area contributed by atoms with Gasteiger partial charge in [-0.3, -0.25) is 0 Å². The predicted molar refractivity (Wildman–Crippen MR) is 60.2 cm³/mol. The number of rotatable bonds is 1. The van der Waals surface area contributed by atoms with Crippen molar-refractivity contribution in [3.8, 4) is 0 Å². The zero-order valence-corrected chi connectivity index (χ0v) is 9.79. The second-order valence-electron chi connectivity index (χ2n) is 4.03. The molecule has 76 valence electrons. The van der Waals surface area contributed by atoms with E-state index in [4.69, 9.17) is 0 Å². The summed E-state index contributed by atoms with van der Waals surface area (Å²) in [4.78, 5) is 2.15. The molecule has 0 bridgehead atoms. The Morgan fingerprint density at radius 1 is 1.50 bits per heavy atom. The highest BCUT2D eigenvalue weighted by Crippen LogP contribution is 2.32. The Kier molecular flexibility index (Phi) is 2.64. The number of likely N-dealkylation sites (N-methyl/N-ethyl adjacent to an activating group) is 1. The number of benzene rings is 1. The van der Waals surface area contributed by atoms with Crippen LogP contribution >= 0.6 is 15.9 Å². The maximum Gasteiger partial charge on any atom is 0.103 e. The van der Waals surface area contributed by atoms with Crippen molar-refractivity contribution in [3.63, 3.8) is 0 Å². The molecule has 1 aromatic carbocycles. The summed E-state index contributed by atoms with van der Waals surface area (Å²) in [5, 5.41) is 10.4. The first kappa shape index (κ1) is 10.1. The lowest BCUT2D eigenvalue weighted by molar-refractivity contribution is 0.0488. The summed E-state index contributed by atoms with van der Waals surface area (Å²) in [6.45, 7) is 1.69. The molecule has 0 aliphatic carbocycles. The summed E-state index contributed by atoms with van der Waals surface area (Å²) in [5.41, 5.74) is 0.356. The number of likely N-dealkylation sites (tertiary alicyclic amines) is 1. The molecule has 0 radical (unpaired) electrons. The zero-order valence-electron chi connectivity index (χ0n) is 8.20. The topological polar surface area (TPSA) is 23.5 Å². The molecule has 1 saturated heterocycles. The van der Waals surface area contributed by atoms with Gasteiger partial charge in [-0.1, -0.05) is 28.1 Å². The number of halogens is 1. The smallest absolute Gasteiger partial charge is 0.103 e. The number of hydrogen-bond acceptors (Lipinski definition) is 2. The highest BCUT2D eigenvalue weighted by Gasteiger charge is 2.35. The van der Waals surface area contributed by atoms with E-state index in [1.165, 1.54) is 0 Å². The van der Waals surface area contributed by atoms with Gasteiger partial charge in [-0.2, -0.15) is 0 Å². The molecular formula is C11H14BrNO. The van der Waals surface area contributed by atoms with E-state index in [1.54, 1.807) is 0 Å². The van der Waals surface area contributed by atoms with Crippen LogP contribution in [0.5, 0.6) is 0 Å². The second-order valence-corrected chi connectivity index (χ2v) is 4.95. The molecule has 1 N–H and O–H groups in total. The molecule has 14 heavy (non-hydrogen) atoms. The van der Waals surface area contributed by atoms with Gasteiger partial charge in [0, 0.05) is 17.6 Å². The SMILES string of the molecule is CN1CCC(O)(c2cccc(Br)c2)C1. The van der Waals surface area contributed by atoms with Gasteiger partial charge in [0.15, 0.2) is 0 Å². The largest absolute Gasteiger partial charge is 0.384 e. The van der Waals surface area contributed by atoms with Gasteiger partial charge in [0.05, 0.1) is 0 Å². The fourth-order valence-corrected chi connectivity index (χ4v) is 2.39. The quantitative estimate of drug-likeness (QED) is 0.830. The predicted octanol–water partition coefficient (Wildman–Crippen LogP) is 1.97. The van der Waals surface area contributed by atoms with Gasteiger partial charge in [0.25, 0.3) is 0 Å². The second kappa shape index (κ2) is 3.65. The van der Waals surface area contributed by atoms with Crippen LogP contribution in [-0.2, 0) is 5.60 Å².